The highest BCUT2D eigenvalue weighted by Gasteiger charge is 2.08. The van der Waals surface area contributed by atoms with Gasteiger partial charge in [0.25, 0.3) is 0 Å². The standard InChI is InChI=1S/C9H8N6/c1-2-11-7(10-1)6-5-14-9(15-6)8-12-3-4-13-8/h1-5H,(H,10,11)(H,12,13)(H,14,15). The van der Waals surface area contributed by atoms with Gasteiger partial charge in [0, 0.05) is 31.0 Å². The van der Waals surface area contributed by atoms with Crippen molar-refractivity contribution in [1.29, 1.82) is 0 Å². The molecule has 0 radical (unpaired) electrons. The van der Waals surface area contributed by atoms with E-state index >= 15 is 0 Å². The zero-order chi connectivity index (χ0) is 10.1. The molecule has 3 rings (SSSR count). The summed E-state index contributed by atoms with van der Waals surface area (Å²) < 4.78 is 0. The van der Waals surface area contributed by atoms with Crippen LogP contribution in [0.2, 0.25) is 0 Å². The van der Waals surface area contributed by atoms with Gasteiger partial charge in [0.05, 0.1) is 0 Å². The molecule has 0 aliphatic rings. The first kappa shape index (κ1) is 7.98. The average molecular weight is 200 g/mol. The van der Waals surface area contributed by atoms with E-state index in [-0.39, 0.29) is 0 Å². The van der Waals surface area contributed by atoms with Crippen LogP contribution in [0.5, 0.6) is 0 Å². The van der Waals surface area contributed by atoms with E-state index in [1.807, 2.05) is 0 Å². The van der Waals surface area contributed by atoms with Gasteiger partial charge in [-0.2, -0.15) is 0 Å². The van der Waals surface area contributed by atoms with E-state index in [4.69, 9.17) is 0 Å². The van der Waals surface area contributed by atoms with E-state index in [9.17, 15) is 0 Å². The van der Waals surface area contributed by atoms with Gasteiger partial charge in [-0.15, -0.1) is 0 Å². The van der Waals surface area contributed by atoms with Gasteiger partial charge in [-0.1, -0.05) is 0 Å². The largest absolute Gasteiger partial charge is 0.343 e. The maximum Gasteiger partial charge on any atom is 0.174 e. The second-order valence-electron chi connectivity index (χ2n) is 3.01. The fourth-order valence-electron chi connectivity index (χ4n) is 1.36. The molecule has 74 valence electrons. The molecule has 0 spiro atoms. The lowest BCUT2D eigenvalue weighted by atomic mass is 10.5. The van der Waals surface area contributed by atoms with Crippen molar-refractivity contribution in [2.45, 2.75) is 0 Å². The van der Waals surface area contributed by atoms with Crippen molar-refractivity contribution >= 4 is 0 Å². The fraction of sp³-hybridized carbons (Fsp3) is 0. The zero-order valence-electron chi connectivity index (χ0n) is 7.73. The molecule has 0 saturated heterocycles. The average Bonchev–Trinajstić information content (AvgIpc) is 3.02. The number of H-pyrrole nitrogens is 3. The number of imidazole rings is 3. The Hall–Kier alpha value is -2.37. The number of nitrogens with zero attached hydrogens (tertiary/aromatic N) is 3. The molecule has 3 aromatic rings. The molecular formula is C9H8N6. The monoisotopic (exact) mass is 200 g/mol. The van der Waals surface area contributed by atoms with E-state index in [1.54, 1.807) is 31.0 Å². The maximum atomic E-state index is 4.35. The first-order valence-corrected chi connectivity index (χ1v) is 4.48. The van der Waals surface area contributed by atoms with Crippen molar-refractivity contribution in [2.75, 3.05) is 0 Å². The molecule has 0 aliphatic carbocycles. The van der Waals surface area contributed by atoms with Gasteiger partial charge in [-0.3, -0.25) is 0 Å². The molecule has 3 aromatic heterocycles. The fourth-order valence-corrected chi connectivity index (χ4v) is 1.36. The van der Waals surface area contributed by atoms with Crippen LogP contribution in [0.25, 0.3) is 23.2 Å². The van der Waals surface area contributed by atoms with E-state index in [0.717, 1.165) is 11.5 Å². The van der Waals surface area contributed by atoms with Crippen molar-refractivity contribution in [3.63, 3.8) is 0 Å². The number of hydrogen-bond donors (Lipinski definition) is 3. The van der Waals surface area contributed by atoms with Crippen molar-refractivity contribution < 1.29 is 0 Å². The molecule has 0 unspecified atom stereocenters. The van der Waals surface area contributed by atoms with E-state index < -0.39 is 0 Å². The Kier molecular flexibility index (Phi) is 1.64. The minimum absolute atomic E-state index is 0.700. The van der Waals surface area contributed by atoms with Gasteiger partial charge < -0.3 is 15.0 Å². The molecule has 0 fully saturated rings. The Morgan fingerprint density at radius 2 is 1.53 bits per heavy atom. The minimum Gasteiger partial charge on any atom is -0.343 e. The third kappa shape index (κ3) is 1.32. The Bertz CT molecular complexity index is 484. The highest BCUT2D eigenvalue weighted by atomic mass is 15.0. The Balaban J connectivity index is 2.02. The normalized spacial score (nSPS) is 10.7. The third-order valence-corrected chi connectivity index (χ3v) is 2.04. The van der Waals surface area contributed by atoms with Gasteiger partial charge in [0.1, 0.15) is 5.69 Å². The van der Waals surface area contributed by atoms with Crippen LogP contribution >= 0.6 is 0 Å². The summed E-state index contributed by atoms with van der Waals surface area (Å²) in [6, 6.07) is 0. The van der Waals surface area contributed by atoms with Crippen molar-refractivity contribution in [1.82, 2.24) is 29.9 Å². The van der Waals surface area contributed by atoms with Crippen LogP contribution in [0.15, 0.2) is 31.0 Å². The van der Waals surface area contributed by atoms with E-state index in [1.165, 1.54) is 0 Å². The minimum atomic E-state index is 0.700. The first-order valence-electron chi connectivity index (χ1n) is 4.48. The van der Waals surface area contributed by atoms with Crippen molar-refractivity contribution in [3.8, 4) is 23.2 Å². The SMILES string of the molecule is c1c[nH]c(-c2c[nH]c(-c3ncc[nH]3)n2)n1. The zero-order valence-corrected chi connectivity index (χ0v) is 7.73. The third-order valence-electron chi connectivity index (χ3n) is 2.04. The number of rotatable bonds is 2. The predicted molar refractivity (Wildman–Crippen MR) is 53.8 cm³/mol. The molecule has 3 N–H and O–H groups in total. The number of aromatic amines is 3. The summed E-state index contributed by atoms with van der Waals surface area (Å²) in [6.45, 7) is 0. The molecule has 15 heavy (non-hydrogen) atoms. The van der Waals surface area contributed by atoms with Crippen LogP contribution in [-0.4, -0.2) is 29.9 Å². The Labute approximate surface area is 84.8 Å². The second-order valence-corrected chi connectivity index (χ2v) is 3.01. The number of hydrogen-bond acceptors (Lipinski definition) is 3. The summed E-state index contributed by atoms with van der Waals surface area (Å²) in [7, 11) is 0. The Morgan fingerprint density at radius 3 is 2.20 bits per heavy atom. The lowest BCUT2D eigenvalue weighted by molar-refractivity contribution is 1.19. The smallest absolute Gasteiger partial charge is 0.174 e. The highest BCUT2D eigenvalue weighted by molar-refractivity contribution is 5.54. The summed E-state index contributed by atoms with van der Waals surface area (Å²) in [5, 5.41) is 0. The molecule has 0 saturated carbocycles. The number of aromatic nitrogens is 6. The molecule has 3 heterocycles. The maximum absolute atomic E-state index is 4.35. The van der Waals surface area contributed by atoms with Crippen molar-refractivity contribution in [3.05, 3.63) is 31.0 Å². The molecule has 0 aliphatic heterocycles. The summed E-state index contributed by atoms with van der Waals surface area (Å²) in [5.41, 5.74) is 0.770. The predicted octanol–water partition coefficient (Wildman–Crippen LogP) is 1.19. The summed E-state index contributed by atoms with van der Waals surface area (Å²) >= 11 is 0. The second kappa shape index (κ2) is 3.09. The summed E-state index contributed by atoms with van der Waals surface area (Å²) in [6.07, 6.45) is 8.68. The molecule has 0 atom stereocenters. The summed E-state index contributed by atoms with van der Waals surface area (Å²) in [5.74, 6) is 2.16. The van der Waals surface area contributed by atoms with Crippen LogP contribution in [0.3, 0.4) is 0 Å². The van der Waals surface area contributed by atoms with Crippen LogP contribution < -0.4 is 0 Å². The van der Waals surface area contributed by atoms with Gasteiger partial charge >= 0.3 is 0 Å². The lowest BCUT2D eigenvalue weighted by Crippen LogP contribution is -1.83. The van der Waals surface area contributed by atoms with Crippen LogP contribution in [0, 0.1) is 0 Å². The molecule has 6 nitrogen and oxygen atoms in total. The topological polar surface area (TPSA) is 86.0 Å². The van der Waals surface area contributed by atoms with Gasteiger partial charge in [0.2, 0.25) is 0 Å². The van der Waals surface area contributed by atoms with E-state index in [2.05, 4.69) is 29.9 Å². The molecule has 6 heteroatoms. The quantitative estimate of drug-likeness (QED) is 0.580. The molecular weight excluding hydrogens is 192 g/mol. The van der Waals surface area contributed by atoms with Gasteiger partial charge in [0.15, 0.2) is 17.5 Å². The molecule has 0 bridgehead atoms. The Morgan fingerprint density at radius 1 is 0.800 bits per heavy atom. The lowest BCUT2D eigenvalue weighted by Gasteiger charge is -1.88. The van der Waals surface area contributed by atoms with Crippen LogP contribution in [0.4, 0.5) is 0 Å². The van der Waals surface area contributed by atoms with E-state index in [0.29, 0.717) is 11.6 Å². The van der Waals surface area contributed by atoms with Gasteiger partial charge in [-0.25, -0.2) is 15.0 Å². The molecule has 0 aromatic carbocycles. The highest BCUT2D eigenvalue weighted by Crippen LogP contribution is 2.15. The van der Waals surface area contributed by atoms with Crippen LogP contribution in [0.1, 0.15) is 0 Å². The first-order chi connectivity index (χ1) is 7.43. The van der Waals surface area contributed by atoms with Gasteiger partial charge in [-0.05, 0) is 0 Å². The molecule has 0 amide bonds. The number of nitrogens with one attached hydrogen (secondary N) is 3. The summed E-state index contributed by atoms with van der Waals surface area (Å²) in [4.78, 5) is 21.6. The van der Waals surface area contributed by atoms with Crippen LogP contribution in [-0.2, 0) is 0 Å². The van der Waals surface area contributed by atoms with Crippen molar-refractivity contribution in [2.24, 2.45) is 0 Å².